The molecule has 1 fully saturated rings. The Kier molecular flexibility index (Phi) is 5.77. The van der Waals surface area contributed by atoms with Gasteiger partial charge in [0.05, 0.1) is 15.6 Å². The minimum atomic E-state index is -3.33. The highest BCUT2D eigenvalue weighted by atomic mass is 35.5. The van der Waals surface area contributed by atoms with Gasteiger partial charge in [-0.3, -0.25) is 4.98 Å². The van der Waals surface area contributed by atoms with Crippen LogP contribution in [0.2, 0.25) is 5.02 Å². The highest BCUT2D eigenvalue weighted by molar-refractivity contribution is 7.90. The second-order valence-electron chi connectivity index (χ2n) is 6.66. The van der Waals surface area contributed by atoms with Gasteiger partial charge in [-0.25, -0.2) is 8.42 Å². The van der Waals surface area contributed by atoms with E-state index in [9.17, 15) is 8.42 Å². The first-order valence-corrected chi connectivity index (χ1v) is 10.8. The average molecular weight is 379 g/mol. The van der Waals surface area contributed by atoms with Crippen molar-refractivity contribution in [3.05, 3.63) is 58.9 Å². The van der Waals surface area contributed by atoms with Crippen molar-refractivity contribution >= 4 is 21.4 Å². The Hall–Kier alpha value is -1.43. The molecule has 0 N–H and O–H groups in total. The summed E-state index contributed by atoms with van der Waals surface area (Å²) in [4.78, 5) is 7.08. The van der Waals surface area contributed by atoms with Gasteiger partial charge in [0, 0.05) is 24.9 Å². The molecule has 1 aliphatic heterocycles. The maximum atomic E-state index is 12.1. The van der Waals surface area contributed by atoms with Crippen molar-refractivity contribution in [1.82, 2.24) is 9.88 Å². The van der Waals surface area contributed by atoms with Crippen LogP contribution in [0, 0.1) is 0 Å². The molecule has 2 heterocycles. The summed E-state index contributed by atoms with van der Waals surface area (Å²) >= 11 is 5.95. The third-order valence-corrected chi connectivity index (χ3v) is 6.11. The molecule has 6 heteroatoms. The molecule has 3 rings (SSSR count). The van der Waals surface area contributed by atoms with Crippen LogP contribution in [0.1, 0.15) is 30.0 Å². The summed E-state index contributed by atoms with van der Waals surface area (Å²) in [6, 6.07) is 12.0. The number of pyridine rings is 1. The summed E-state index contributed by atoms with van der Waals surface area (Å²) < 4.78 is 24.1. The molecule has 1 aromatic carbocycles. The molecule has 2 aromatic rings. The fourth-order valence-electron chi connectivity index (χ4n) is 3.40. The zero-order chi connectivity index (χ0) is 17.9. The van der Waals surface area contributed by atoms with Gasteiger partial charge in [0.2, 0.25) is 0 Å². The summed E-state index contributed by atoms with van der Waals surface area (Å²) in [6.45, 7) is 2.96. The van der Waals surface area contributed by atoms with E-state index in [0.717, 1.165) is 38.9 Å². The molecule has 0 atom stereocenters. The third-order valence-electron chi connectivity index (χ3n) is 4.78. The lowest BCUT2D eigenvalue weighted by atomic mass is 9.92. The maximum absolute atomic E-state index is 12.1. The van der Waals surface area contributed by atoms with E-state index in [1.807, 2.05) is 6.07 Å². The van der Waals surface area contributed by atoms with Crippen molar-refractivity contribution in [2.75, 3.05) is 25.9 Å². The molecular weight excluding hydrogens is 356 g/mol. The SMILES string of the molecule is CS(=O)(=O)c1cc(Cl)cnc1C1CCN(CCc2ccccc2)CC1. The van der Waals surface area contributed by atoms with Crippen LogP contribution >= 0.6 is 11.6 Å². The summed E-state index contributed by atoms with van der Waals surface area (Å²) in [7, 11) is -3.33. The minimum Gasteiger partial charge on any atom is -0.303 e. The fraction of sp³-hybridized carbons (Fsp3) is 0.421. The summed E-state index contributed by atoms with van der Waals surface area (Å²) in [5.41, 5.74) is 2.03. The minimum absolute atomic E-state index is 0.176. The summed E-state index contributed by atoms with van der Waals surface area (Å²) in [6.07, 6.45) is 5.66. The van der Waals surface area contributed by atoms with Crippen LogP contribution in [-0.4, -0.2) is 44.2 Å². The molecule has 1 aliphatic rings. The van der Waals surface area contributed by atoms with Crippen molar-refractivity contribution in [3.8, 4) is 0 Å². The molecule has 4 nitrogen and oxygen atoms in total. The molecule has 0 unspecified atom stereocenters. The molecule has 0 radical (unpaired) electrons. The van der Waals surface area contributed by atoms with Gasteiger partial charge in [0.25, 0.3) is 0 Å². The van der Waals surface area contributed by atoms with Crippen LogP contribution in [0.25, 0.3) is 0 Å². The first-order valence-electron chi connectivity index (χ1n) is 8.55. The van der Waals surface area contributed by atoms with Gasteiger partial charge >= 0.3 is 0 Å². The van der Waals surface area contributed by atoms with Crippen molar-refractivity contribution in [2.24, 2.45) is 0 Å². The predicted molar refractivity (Wildman–Crippen MR) is 101 cm³/mol. The molecule has 134 valence electrons. The monoisotopic (exact) mass is 378 g/mol. The normalized spacial score (nSPS) is 16.9. The topological polar surface area (TPSA) is 50.3 Å². The Morgan fingerprint density at radius 2 is 1.88 bits per heavy atom. The quantitative estimate of drug-likeness (QED) is 0.798. The largest absolute Gasteiger partial charge is 0.303 e. The van der Waals surface area contributed by atoms with E-state index in [2.05, 4.69) is 34.1 Å². The van der Waals surface area contributed by atoms with E-state index in [-0.39, 0.29) is 10.8 Å². The number of hydrogen-bond donors (Lipinski definition) is 0. The number of rotatable bonds is 5. The maximum Gasteiger partial charge on any atom is 0.177 e. The van der Waals surface area contributed by atoms with Gasteiger partial charge in [-0.05, 0) is 44.0 Å². The van der Waals surface area contributed by atoms with Crippen LogP contribution in [0.3, 0.4) is 0 Å². The molecule has 0 amide bonds. The molecule has 0 saturated carbocycles. The Morgan fingerprint density at radius 1 is 1.20 bits per heavy atom. The van der Waals surface area contributed by atoms with Crippen LogP contribution in [0.5, 0.6) is 0 Å². The third kappa shape index (κ3) is 4.81. The predicted octanol–water partition coefficient (Wildman–Crippen LogP) is 3.56. The molecule has 0 aliphatic carbocycles. The van der Waals surface area contributed by atoms with Gasteiger partial charge in [0.15, 0.2) is 9.84 Å². The number of piperidine rings is 1. The van der Waals surface area contributed by atoms with Crippen LogP contribution in [0.4, 0.5) is 0 Å². The van der Waals surface area contributed by atoms with Crippen LogP contribution in [-0.2, 0) is 16.3 Å². The number of halogens is 1. The van der Waals surface area contributed by atoms with E-state index in [1.165, 1.54) is 17.9 Å². The highest BCUT2D eigenvalue weighted by Gasteiger charge is 2.26. The first kappa shape index (κ1) is 18.4. The first-order chi connectivity index (χ1) is 11.9. The Morgan fingerprint density at radius 3 is 2.52 bits per heavy atom. The highest BCUT2D eigenvalue weighted by Crippen LogP contribution is 2.32. The van der Waals surface area contributed by atoms with Gasteiger partial charge < -0.3 is 4.90 Å². The van der Waals surface area contributed by atoms with E-state index >= 15 is 0 Å². The Labute approximate surface area is 154 Å². The standard InChI is InChI=1S/C19H23ClN2O2S/c1-25(23,24)18-13-17(20)14-21-19(18)16-8-11-22(12-9-16)10-7-15-5-3-2-4-6-15/h2-6,13-14,16H,7-12H2,1H3. The molecule has 1 aromatic heterocycles. The van der Waals surface area contributed by atoms with Gasteiger partial charge in [-0.15, -0.1) is 0 Å². The molecule has 0 bridgehead atoms. The van der Waals surface area contributed by atoms with Gasteiger partial charge in [0.1, 0.15) is 0 Å². The van der Waals surface area contributed by atoms with Crippen molar-refractivity contribution in [1.29, 1.82) is 0 Å². The second kappa shape index (κ2) is 7.85. The van der Waals surface area contributed by atoms with E-state index in [1.54, 1.807) is 6.20 Å². The van der Waals surface area contributed by atoms with Gasteiger partial charge in [-0.1, -0.05) is 41.9 Å². The number of aromatic nitrogens is 1. The summed E-state index contributed by atoms with van der Waals surface area (Å²) in [5, 5.41) is 0.365. The van der Waals surface area contributed by atoms with Crippen molar-refractivity contribution in [2.45, 2.75) is 30.1 Å². The van der Waals surface area contributed by atoms with Gasteiger partial charge in [-0.2, -0.15) is 0 Å². The zero-order valence-electron chi connectivity index (χ0n) is 14.4. The molecular formula is C19H23ClN2O2S. The van der Waals surface area contributed by atoms with E-state index < -0.39 is 9.84 Å². The zero-order valence-corrected chi connectivity index (χ0v) is 15.9. The second-order valence-corrected chi connectivity index (χ2v) is 9.08. The number of nitrogens with zero attached hydrogens (tertiary/aromatic N) is 2. The van der Waals surface area contributed by atoms with Crippen molar-refractivity contribution < 1.29 is 8.42 Å². The Bertz CT molecular complexity index is 817. The lowest BCUT2D eigenvalue weighted by molar-refractivity contribution is 0.212. The van der Waals surface area contributed by atoms with E-state index in [0.29, 0.717) is 10.7 Å². The molecule has 25 heavy (non-hydrogen) atoms. The summed E-state index contributed by atoms with van der Waals surface area (Å²) in [5.74, 6) is 0.176. The molecule has 0 spiro atoms. The number of sulfone groups is 1. The molecule has 1 saturated heterocycles. The smallest absolute Gasteiger partial charge is 0.177 e. The Balaban J connectivity index is 1.63. The van der Waals surface area contributed by atoms with Crippen LogP contribution in [0.15, 0.2) is 47.5 Å². The average Bonchev–Trinajstić information content (AvgIpc) is 2.61. The lowest BCUT2D eigenvalue weighted by Crippen LogP contribution is -2.35. The lowest BCUT2D eigenvalue weighted by Gasteiger charge is -2.32. The van der Waals surface area contributed by atoms with Crippen molar-refractivity contribution in [3.63, 3.8) is 0 Å². The number of benzene rings is 1. The number of hydrogen-bond acceptors (Lipinski definition) is 4. The fourth-order valence-corrected chi connectivity index (χ4v) is 4.56. The van der Waals surface area contributed by atoms with Crippen LogP contribution < -0.4 is 0 Å². The van der Waals surface area contributed by atoms with E-state index in [4.69, 9.17) is 11.6 Å². The number of likely N-dealkylation sites (tertiary alicyclic amines) is 1.